The number of nitrogens with zero attached hydrogens (tertiary/aromatic N) is 2. The Labute approximate surface area is 195 Å². The Morgan fingerprint density at radius 1 is 1.21 bits per heavy atom. The van der Waals surface area contributed by atoms with Crippen LogP contribution < -0.4 is 10.6 Å². The van der Waals surface area contributed by atoms with E-state index in [0.717, 1.165) is 20.9 Å². The molecule has 0 radical (unpaired) electrons. The molecule has 2 aromatic carbocycles. The topological polar surface area (TPSA) is 127 Å². The van der Waals surface area contributed by atoms with Gasteiger partial charge >= 0.3 is 6.09 Å². The van der Waals surface area contributed by atoms with Crippen LogP contribution in [0.25, 0.3) is 10.2 Å². The van der Waals surface area contributed by atoms with Gasteiger partial charge in [-0.15, -0.1) is 11.3 Å². The van der Waals surface area contributed by atoms with E-state index >= 15 is 4.39 Å². The van der Waals surface area contributed by atoms with Gasteiger partial charge in [-0.05, 0) is 58.0 Å². The average Bonchev–Trinajstić information content (AvgIpc) is 3.08. The number of nitrogens with one attached hydrogen (secondary N) is 2. The smallest absolute Gasteiger partial charge is 0.410 e. The highest BCUT2D eigenvalue weighted by Crippen LogP contribution is 2.59. The number of aryl methyl sites for hydroxylation is 1. The molecule has 0 fully saturated rings. The average molecular weight is 493 g/mol. The molecule has 2 heterocycles. The van der Waals surface area contributed by atoms with Crippen LogP contribution in [0.15, 0.2) is 41.4 Å². The van der Waals surface area contributed by atoms with E-state index < -0.39 is 32.8 Å². The first-order valence-electron chi connectivity index (χ1n) is 10.1. The number of hydrogen-bond donors (Lipinski definition) is 5. The van der Waals surface area contributed by atoms with Crippen molar-refractivity contribution in [2.75, 3.05) is 11.1 Å². The molecule has 11 heteroatoms. The van der Waals surface area contributed by atoms with Gasteiger partial charge in [-0.3, -0.25) is 19.4 Å². The summed E-state index contributed by atoms with van der Waals surface area (Å²) in [5.41, 5.74) is 0.836. The monoisotopic (exact) mass is 492 g/mol. The Morgan fingerprint density at radius 3 is 2.64 bits per heavy atom. The zero-order valence-corrected chi connectivity index (χ0v) is 20.1. The molecule has 3 aromatic rings. The van der Waals surface area contributed by atoms with Gasteiger partial charge in [-0.2, -0.15) is 10.6 Å². The lowest BCUT2D eigenvalue weighted by molar-refractivity contribution is 0.199. The predicted octanol–water partition coefficient (Wildman–Crippen LogP) is 5.91. The summed E-state index contributed by atoms with van der Waals surface area (Å²) in [5, 5.41) is 15.6. The van der Waals surface area contributed by atoms with Gasteiger partial charge in [0.15, 0.2) is 0 Å². The van der Waals surface area contributed by atoms with Crippen LogP contribution in [0.2, 0.25) is 0 Å². The van der Waals surface area contributed by atoms with Crippen molar-refractivity contribution in [1.29, 1.82) is 0 Å². The van der Waals surface area contributed by atoms with Crippen LogP contribution in [0, 0.1) is 12.7 Å². The van der Waals surface area contributed by atoms with Crippen LogP contribution in [0.4, 0.5) is 20.6 Å². The summed E-state index contributed by atoms with van der Waals surface area (Å²) in [6.07, 6.45) is -1.39. The van der Waals surface area contributed by atoms with E-state index in [1.54, 1.807) is 30.4 Å². The summed E-state index contributed by atoms with van der Waals surface area (Å²) in [5.74, 6) is -0.956. The van der Waals surface area contributed by atoms with Gasteiger partial charge in [0.1, 0.15) is 27.5 Å². The Kier molecular flexibility index (Phi) is 5.64. The third-order valence-electron chi connectivity index (χ3n) is 5.81. The summed E-state index contributed by atoms with van der Waals surface area (Å²) in [6.45, 7) is 6.49. The normalized spacial score (nSPS) is 22.5. The molecule has 4 rings (SSSR count). The van der Waals surface area contributed by atoms with Crippen LogP contribution in [-0.4, -0.2) is 41.6 Å². The fraction of sp³-hybridized carbons (Fsp3) is 0.318. The van der Waals surface area contributed by atoms with Gasteiger partial charge in [0.05, 0.1) is 21.1 Å². The van der Waals surface area contributed by atoms with E-state index in [2.05, 4.69) is 20.6 Å². The highest BCUT2D eigenvalue weighted by molar-refractivity contribution is 8.26. The number of carbonyl (C=O) groups is 1. The molecule has 1 amide bonds. The van der Waals surface area contributed by atoms with Gasteiger partial charge in [0.2, 0.25) is 0 Å². The molecule has 1 aromatic heterocycles. The first-order valence-corrected chi connectivity index (χ1v) is 12.6. The summed E-state index contributed by atoms with van der Waals surface area (Å²) in [7, 11) is -3.38. The Bertz CT molecular complexity index is 1290. The maximum atomic E-state index is 15.0. The third kappa shape index (κ3) is 4.17. The minimum Gasteiger partial charge on any atom is -0.465 e. The quantitative estimate of drug-likeness (QED) is 0.309. The van der Waals surface area contributed by atoms with Crippen LogP contribution in [-0.2, 0) is 5.54 Å². The maximum Gasteiger partial charge on any atom is 0.410 e. The van der Waals surface area contributed by atoms with Crippen molar-refractivity contribution in [3.8, 4) is 0 Å². The second kappa shape index (κ2) is 7.94. The minimum absolute atomic E-state index is 0.120. The number of aliphatic imine (C=N–C) groups is 1. The minimum atomic E-state index is -3.38. The summed E-state index contributed by atoms with van der Waals surface area (Å²) in [6, 6.07) is 10.2. The van der Waals surface area contributed by atoms with Crippen LogP contribution in [0.5, 0.6) is 0 Å². The number of amides is 1. The van der Waals surface area contributed by atoms with E-state index in [1.807, 2.05) is 25.1 Å². The van der Waals surface area contributed by atoms with E-state index in [4.69, 9.17) is 0 Å². The van der Waals surface area contributed by atoms with Gasteiger partial charge in [0, 0.05) is 11.3 Å². The zero-order chi connectivity index (χ0) is 24.2. The van der Waals surface area contributed by atoms with Crippen molar-refractivity contribution < 1.29 is 23.4 Å². The number of para-hydroxylation sites is 1. The number of aromatic nitrogens is 1. The Morgan fingerprint density at radius 2 is 1.94 bits per heavy atom. The molecule has 1 aliphatic heterocycles. The van der Waals surface area contributed by atoms with Crippen LogP contribution in [0.3, 0.4) is 0 Å². The van der Waals surface area contributed by atoms with Gasteiger partial charge in [-0.1, -0.05) is 6.07 Å². The summed E-state index contributed by atoms with van der Waals surface area (Å²) < 4.78 is 36.5. The molecule has 0 saturated heterocycles. The molecule has 5 N–H and O–H groups in total. The first kappa shape index (κ1) is 23.4. The van der Waals surface area contributed by atoms with Crippen LogP contribution >= 0.6 is 21.9 Å². The van der Waals surface area contributed by atoms with Gasteiger partial charge in [0.25, 0.3) is 0 Å². The lowest BCUT2D eigenvalue weighted by atomic mass is 9.92. The molecular weight excluding hydrogens is 467 g/mol. The molecule has 0 bridgehead atoms. The number of thiazole rings is 1. The number of amidine groups is 1. The first-order chi connectivity index (χ1) is 15.3. The van der Waals surface area contributed by atoms with Crippen molar-refractivity contribution in [2.24, 2.45) is 4.99 Å². The largest absolute Gasteiger partial charge is 0.465 e. The number of benzene rings is 2. The summed E-state index contributed by atoms with van der Waals surface area (Å²) in [4.78, 5) is 20.4. The Hall–Kier alpha value is -2.73. The van der Waals surface area contributed by atoms with E-state index in [1.165, 1.54) is 19.9 Å². The molecule has 33 heavy (non-hydrogen) atoms. The molecule has 1 aliphatic rings. The maximum absolute atomic E-state index is 15.0. The van der Waals surface area contributed by atoms with E-state index in [-0.39, 0.29) is 17.2 Å². The lowest BCUT2D eigenvalue weighted by Crippen LogP contribution is -2.55. The second-order valence-electron chi connectivity index (χ2n) is 8.69. The number of carboxylic acid groups (broad SMARTS) is 1. The molecule has 0 saturated carbocycles. The van der Waals surface area contributed by atoms with Crippen molar-refractivity contribution in [2.45, 2.75) is 38.0 Å². The standard InChI is InChI=1S/C22H25FN4O4S2/c1-12-24-18-16(6-5-7-17(18)32-12)25-13-8-9-15(23)14(10-13)22(4)11-33(30,31)21(2,3)19(27-22)26-20(28)29/h5-10,25,30-31H,11H2,1-4H3,(H,26,27)(H,28,29). The molecule has 1 atom stereocenters. The molecular formula is C22H25FN4O4S2. The van der Waals surface area contributed by atoms with Crippen molar-refractivity contribution in [3.63, 3.8) is 0 Å². The third-order valence-corrected chi connectivity index (χ3v) is 9.53. The molecule has 0 aliphatic carbocycles. The number of rotatable bonds is 3. The number of anilines is 2. The molecule has 8 nitrogen and oxygen atoms in total. The number of halogens is 1. The molecule has 176 valence electrons. The highest BCUT2D eigenvalue weighted by atomic mass is 32.3. The number of fused-ring (bicyclic) bond motifs is 1. The van der Waals surface area contributed by atoms with Crippen molar-refractivity contribution in [1.82, 2.24) is 10.3 Å². The highest BCUT2D eigenvalue weighted by Gasteiger charge is 2.50. The summed E-state index contributed by atoms with van der Waals surface area (Å²) >= 11 is 1.57. The van der Waals surface area contributed by atoms with Crippen molar-refractivity contribution in [3.05, 3.63) is 52.8 Å². The Balaban J connectivity index is 1.78. The lowest BCUT2D eigenvalue weighted by Gasteiger charge is -2.53. The van der Waals surface area contributed by atoms with E-state index in [0.29, 0.717) is 5.69 Å². The van der Waals surface area contributed by atoms with Crippen LogP contribution in [0.1, 0.15) is 31.3 Å². The number of hydrogen-bond acceptors (Lipinski definition) is 7. The van der Waals surface area contributed by atoms with E-state index in [9.17, 15) is 19.0 Å². The van der Waals surface area contributed by atoms with Gasteiger partial charge < -0.3 is 10.4 Å². The zero-order valence-electron chi connectivity index (χ0n) is 18.5. The second-order valence-corrected chi connectivity index (χ2v) is 12.6. The van der Waals surface area contributed by atoms with Gasteiger partial charge in [-0.25, -0.2) is 14.2 Å². The molecule has 1 unspecified atom stereocenters. The SMILES string of the molecule is Cc1nc2c(Nc3ccc(F)c(C4(C)CS(O)(O)C(C)(C)C(NC(=O)O)=N4)c3)cccc2s1. The predicted molar refractivity (Wildman–Crippen MR) is 132 cm³/mol. The molecule has 0 spiro atoms. The fourth-order valence-corrected chi connectivity index (χ4v) is 6.52. The fourth-order valence-electron chi connectivity index (χ4n) is 3.89. The van der Waals surface area contributed by atoms with Crippen molar-refractivity contribution >= 4 is 55.4 Å².